The zero-order chi connectivity index (χ0) is 65.7. The number of aliphatic hydroxyl groups is 1. The summed E-state index contributed by atoms with van der Waals surface area (Å²) < 4.78 is 68.1. The first-order valence-corrected chi connectivity index (χ1v) is 39.5. The first-order valence-electron chi connectivity index (χ1n) is 36.5. The zero-order valence-corrected chi connectivity index (χ0v) is 59.5. The maximum absolute atomic E-state index is 13.0. The van der Waals surface area contributed by atoms with Gasteiger partial charge in [-0.15, -0.1) is 0 Å². The van der Waals surface area contributed by atoms with E-state index in [9.17, 15) is 43.2 Å². The van der Waals surface area contributed by atoms with Crippen LogP contribution in [0, 0.1) is 11.8 Å². The Bertz CT molecular complexity index is 1730. The summed E-state index contributed by atoms with van der Waals surface area (Å²) in [6.45, 7) is 9.42. The van der Waals surface area contributed by atoms with Gasteiger partial charge in [0.25, 0.3) is 0 Å². The van der Waals surface area contributed by atoms with E-state index in [1.54, 1.807) is 0 Å². The molecule has 2 unspecified atom stereocenters. The van der Waals surface area contributed by atoms with Crippen molar-refractivity contribution in [1.29, 1.82) is 0 Å². The van der Waals surface area contributed by atoms with E-state index in [2.05, 4.69) is 41.5 Å². The van der Waals surface area contributed by atoms with E-state index in [-0.39, 0.29) is 25.7 Å². The molecule has 0 aliphatic carbocycles. The number of carbonyl (C=O) groups is 4. The highest BCUT2D eigenvalue weighted by atomic mass is 31.2. The van der Waals surface area contributed by atoms with Gasteiger partial charge in [0.2, 0.25) is 0 Å². The summed E-state index contributed by atoms with van der Waals surface area (Å²) in [6, 6.07) is 0. The number of esters is 4. The molecule has 0 fully saturated rings. The third-order valence-electron chi connectivity index (χ3n) is 16.2. The first kappa shape index (κ1) is 87.1. The summed E-state index contributed by atoms with van der Waals surface area (Å²) in [7, 11) is -9.89. The van der Waals surface area contributed by atoms with Gasteiger partial charge in [-0.2, -0.15) is 0 Å². The molecule has 0 aromatic carbocycles. The normalized spacial score (nSPS) is 14.1. The fourth-order valence-corrected chi connectivity index (χ4v) is 12.2. The average molecular weight is 1310 g/mol. The zero-order valence-electron chi connectivity index (χ0n) is 57.7. The van der Waals surface area contributed by atoms with E-state index in [1.165, 1.54) is 161 Å². The highest BCUT2D eigenvalue weighted by Gasteiger charge is 2.30. The van der Waals surface area contributed by atoms with Crippen LogP contribution in [0.15, 0.2) is 0 Å². The van der Waals surface area contributed by atoms with E-state index in [4.69, 9.17) is 37.0 Å². The molecule has 0 aliphatic heterocycles. The predicted octanol–water partition coefficient (Wildman–Crippen LogP) is 20.0. The van der Waals surface area contributed by atoms with Crippen LogP contribution < -0.4 is 0 Å². The molecule has 0 aromatic heterocycles. The van der Waals surface area contributed by atoms with Crippen molar-refractivity contribution in [2.75, 3.05) is 39.6 Å². The molecule has 0 aromatic rings. The summed E-state index contributed by atoms with van der Waals surface area (Å²) in [6.07, 6.45) is 47.6. The SMILES string of the molecule is CCCCCCCCCCCCCCCCCCCCCCC(=O)O[C@H](COC(=O)CCCCCCCCCCCC(C)C)COP(=O)(O)OC[C@@H](O)COP(=O)(O)OC[C@@H](COC(=O)CCCCCCCCC)OC(=O)CCCCCCCCCC(C)C. The second-order valence-corrected chi connectivity index (χ2v) is 29.1. The smallest absolute Gasteiger partial charge is 0.462 e. The van der Waals surface area contributed by atoms with E-state index in [1.807, 2.05) is 0 Å². The Kier molecular flexibility index (Phi) is 60.8. The Morgan fingerprint density at radius 3 is 0.764 bits per heavy atom. The minimum Gasteiger partial charge on any atom is -0.462 e. The summed E-state index contributed by atoms with van der Waals surface area (Å²) in [5.41, 5.74) is 0. The highest BCUT2D eigenvalue weighted by Crippen LogP contribution is 2.45. The lowest BCUT2D eigenvalue weighted by Gasteiger charge is -2.21. The Balaban J connectivity index is 5.15. The lowest BCUT2D eigenvalue weighted by atomic mass is 10.0. The summed E-state index contributed by atoms with van der Waals surface area (Å²) in [4.78, 5) is 72.3. The van der Waals surface area contributed by atoms with Crippen LogP contribution in [-0.2, 0) is 65.4 Å². The van der Waals surface area contributed by atoms with Gasteiger partial charge >= 0.3 is 39.5 Å². The van der Waals surface area contributed by atoms with Gasteiger partial charge in [0.1, 0.15) is 19.3 Å². The van der Waals surface area contributed by atoms with Crippen LogP contribution in [-0.4, -0.2) is 96.7 Å². The van der Waals surface area contributed by atoms with Crippen molar-refractivity contribution >= 4 is 39.5 Å². The molecule has 528 valence electrons. The second-order valence-electron chi connectivity index (χ2n) is 26.2. The number of rotatable bonds is 69. The van der Waals surface area contributed by atoms with Gasteiger partial charge in [0.05, 0.1) is 26.4 Å². The molecule has 19 heteroatoms. The highest BCUT2D eigenvalue weighted by molar-refractivity contribution is 7.47. The summed E-state index contributed by atoms with van der Waals surface area (Å²) in [5.74, 6) is -0.693. The van der Waals surface area contributed by atoms with Gasteiger partial charge in [-0.3, -0.25) is 37.3 Å². The largest absolute Gasteiger partial charge is 0.472 e. The van der Waals surface area contributed by atoms with Crippen LogP contribution in [0.2, 0.25) is 0 Å². The molecular weight excluding hydrogens is 1170 g/mol. The molecule has 3 N–H and O–H groups in total. The lowest BCUT2D eigenvalue weighted by molar-refractivity contribution is -0.161. The van der Waals surface area contributed by atoms with Gasteiger partial charge in [0.15, 0.2) is 12.2 Å². The van der Waals surface area contributed by atoms with Crippen LogP contribution in [0.3, 0.4) is 0 Å². The number of carbonyl (C=O) groups excluding carboxylic acids is 4. The molecule has 0 heterocycles. The van der Waals surface area contributed by atoms with Crippen molar-refractivity contribution in [3.63, 3.8) is 0 Å². The molecule has 89 heavy (non-hydrogen) atoms. The maximum Gasteiger partial charge on any atom is 0.472 e. The Labute approximate surface area is 543 Å². The van der Waals surface area contributed by atoms with Crippen LogP contribution in [0.25, 0.3) is 0 Å². The Morgan fingerprint density at radius 2 is 0.517 bits per heavy atom. The second kappa shape index (κ2) is 62.2. The number of phosphoric acid groups is 2. The molecular formula is C70H136O17P2. The molecule has 0 saturated carbocycles. The number of hydrogen-bond donors (Lipinski definition) is 3. The van der Waals surface area contributed by atoms with Gasteiger partial charge in [-0.05, 0) is 37.5 Å². The van der Waals surface area contributed by atoms with Crippen LogP contribution in [0.4, 0.5) is 0 Å². The van der Waals surface area contributed by atoms with Crippen LogP contribution in [0.1, 0.15) is 356 Å². The van der Waals surface area contributed by atoms with E-state index >= 15 is 0 Å². The molecule has 0 radical (unpaired) electrons. The van der Waals surface area contributed by atoms with E-state index in [0.29, 0.717) is 31.6 Å². The third-order valence-corrected chi connectivity index (χ3v) is 18.1. The molecule has 0 aliphatic rings. The monoisotopic (exact) mass is 1310 g/mol. The molecule has 5 atom stereocenters. The van der Waals surface area contributed by atoms with Crippen LogP contribution in [0.5, 0.6) is 0 Å². The standard InChI is InChI=1S/C70H136O17P2/c1-7-9-11-13-15-16-17-18-19-20-21-22-23-24-25-26-29-36-42-48-54-69(74)86-66(59-81-68(73)53-47-41-35-30-27-28-33-38-44-50-62(3)4)61-85-89(78,79)83-57-64(71)56-82-88(76,77)84-60-65(58-80-67(72)52-46-40-32-14-12-10-8-2)87-70(75)55-49-43-37-31-34-39-45-51-63(5)6/h62-66,71H,7-61H2,1-6H3,(H,76,77)(H,78,79)/t64-,65+,66+/m0/s1. The van der Waals surface area contributed by atoms with Crippen molar-refractivity contribution in [2.45, 2.75) is 374 Å². The summed E-state index contributed by atoms with van der Waals surface area (Å²) >= 11 is 0. The molecule has 0 saturated heterocycles. The molecule has 0 amide bonds. The Hall–Kier alpha value is -1.94. The fourth-order valence-electron chi connectivity index (χ4n) is 10.6. The minimum atomic E-state index is -4.95. The quantitative estimate of drug-likeness (QED) is 0.0222. The van der Waals surface area contributed by atoms with Crippen molar-refractivity contribution < 1.29 is 80.2 Å². The van der Waals surface area contributed by atoms with E-state index < -0.39 is 97.5 Å². The Morgan fingerprint density at radius 1 is 0.303 bits per heavy atom. The number of unbranched alkanes of at least 4 members (excludes halogenated alkanes) is 39. The molecule has 0 spiro atoms. The molecule has 17 nitrogen and oxygen atoms in total. The van der Waals surface area contributed by atoms with Crippen molar-refractivity contribution in [1.82, 2.24) is 0 Å². The number of hydrogen-bond acceptors (Lipinski definition) is 15. The minimum absolute atomic E-state index is 0.103. The topological polar surface area (TPSA) is 237 Å². The number of aliphatic hydroxyl groups excluding tert-OH is 1. The van der Waals surface area contributed by atoms with Crippen molar-refractivity contribution in [3.05, 3.63) is 0 Å². The first-order chi connectivity index (χ1) is 42.9. The molecule has 0 rings (SSSR count). The summed E-state index contributed by atoms with van der Waals surface area (Å²) in [5, 5.41) is 10.6. The third kappa shape index (κ3) is 64.6. The molecule has 0 bridgehead atoms. The predicted molar refractivity (Wildman–Crippen MR) is 358 cm³/mol. The maximum atomic E-state index is 13.0. The van der Waals surface area contributed by atoms with Gasteiger partial charge in [0, 0.05) is 25.7 Å². The van der Waals surface area contributed by atoms with Crippen molar-refractivity contribution in [3.8, 4) is 0 Å². The number of phosphoric ester groups is 2. The fraction of sp³-hybridized carbons (Fsp3) is 0.943. The van der Waals surface area contributed by atoms with Gasteiger partial charge < -0.3 is 33.8 Å². The lowest BCUT2D eigenvalue weighted by Crippen LogP contribution is -2.30. The van der Waals surface area contributed by atoms with Gasteiger partial charge in [-0.25, -0.2) is 9.13 Å². The van der Waals surface area contributed by atoms with Gasteiger partial charge in [-0.1, -0.05) is 305 Å². The number of ether oxygens (including phenoxy) is 4. The van der Waals surface area contributed by atoms with E-state index in [0.717, 1.165) is 109 Å². The average Bonchev–Trinajstić information content (AvgIpc) is 3.71. The van der Waals surface area contributed by atoms with Crippen LogP contribution >= 0.6 is 15.6 Å². The van der Waals surface area contributed by atoms with Crippen molar-refractivity contribution in [2.24, 2.45) is 11.8 Å².